The summed E-state index contributed by atoms with van der Waals surface area (Å²) < 4.78 is 0. The number of nitrogens with two attached hydrogens (primary N) is 1. The van der Waals surface area contributed by atoms with E-state index in [4.69, 9.17) is 5.73 Å². The molecule has 0 aliphatic carbocycles. The molecule has 0 saturated carbocycles. The van der Waals surface area contributed by atoms with Gasteiger partial charge >= 0.3 is 0 Å². The predicted molar refractivity (Wildman–Crippen MR) is 73.6 cm³/mol. The van der Waals surface area contributed by atoms with E-state index in [-0.39, 0.29) is 5.91 Å². The van der Waals surface area contributed by atoms with E-state index < -0.39 is 0 Å². The number of carbonyl (C=O) groups is 1. The Morgan fingerprint density at radius 3 is 2.83 bits per heavy atom. The second-order valence-electron chi connectivity index (χ2n) is 4.14. The molecule has 18 heavy (non-hydrogen) atoms. The monoisotopic (exact) mass is 261 g/mol. The number of carbonyl (C=O) groups excluding carboxylic acids is 1. The van der Waals surface area contributed by atoms with Gasteiger partial charge in [0, 0.05) is 22.3 Å². The summed E-state index contributed by atoms with van der Waals surface area (Å²) in [7, 11) is 0. The molecule has 1 heterocycles. The Morgan fingerprint density at radius 1 is 1.44 bits per heavy atom. The molecule has 0 spiro atoms. The Kier molecular flexibility index (Phi) is 3.62. The lowest BCUT2D eigenvalue weighted by atomic mass is 10.1. The highest BCUT2D eigenvalue weighted by Gasteiger charge is 2.07. The SMILES string of the molecule is Cc1csc(CNC(=O)c2ccc(N)c(C)c2)n1. The molecule has 2 aromatic rings. The van der Waals surface area contributed by atoms with Crippen LogP contribution < -0.4 is 11.1 Å². The minimum atomic E-state index is -0.106. The first kappa shape index (κ1) is 12.6. The van der Waals surface area contributed by atoms with Crippen LogP contribution in [0.25, 0.3) is 0 Å². The van der Waals surface area contributed by atoms with Crippen LogP contribution in [0.4, 0.5) is 5.69 Å². The third-order valence-corrected chi connectivity index (χ3v) is 3.57. The van der Waals surface area contributed by atoms with E-state index in [1.807, 2.05) is 19.2 Å². The van der Waals surface area contributed by atoms with Gasteiger partial charge in [0.05, 0.1) is 6.54 Å². The summed E-state index contributed by atoms with van der Waals surface area (Å²) in [5.74, 6) is -0.106. The van der Waals surface area contributed by atoms with E-state index in [1.54, 1.807) is 29.5 Å². The average molecular weight is 261 g/mol. The van der Waals surface area contributed by atoms with Crippen molar-refractivity contribution in [2.75, 3.05) is 5.73 Å². The van der Waals surface area contributed by atoms with Crippen LogP contribution in [0, 0.1) is 13.8 Å². The van der Waals surface area contributed by atoms with Crippen LogP contribution in [0.5, 0.6) is 0 Å². The van der Waals surface area contributed by atoms with Crippen LogP contribution in [0.3, 0.4) is 0 Å². The highest BCUT2D eigenvalue weighted by atomic mass is 32.1. The molecule has 0 atom stereocenters. The van der Waals surface area contributed by atoms with Gasteiger partial charge in [-0.25, -0.2) is 4.98 Å². The van der Waals surface area contributed by atoms with Crippen LogP contribution in [0.2, 0.25) is 0 Å². The Labute approximate surface area is 110 Å². The second-order valence-corrected chi connectivity index (χ2v) is 5.08. The van der Waals surface area contributed by atoms with Crippen LogP contribution in [0.15, 0.2) is 23.6 Å². The number of nitrogens with zero attached hydrogens (tertiary/aromatic N) is 1. The van der Waals surface area contributed by atoms with Crippen molar-refractivity contribution in [2.45, 2.75) is 20.4 Å². The zero-order chi connectivity index (χ0) is 13.1. The van der Waals surface area contributed by atoms with Crippen molar-refractivity contribution in [1.82, 2.24) is 10.3 Å². The zero-order valence-electron chi connectivity index (χ0n) is 10.4. The summed E-state index contributed by atoms with van der Waals surface area (Å²) in [5.41, 5.74) is 8.92. The molecule has 0 fully saturated rings. The normalized spacial score (nSPS) is 10.3. The van der Waals surface area contributed by atoms with Gasteiger partial charge in [-0.3, -0.25) is 4.79 Å². The number of nitrogen functional groups attached to an aromatic ring is 1. The third kappa shape index (κ3) is 2.87. The smallest absolute Gasteiger partial charge is 0.251 e. The van der Waals surface area contributed by atoms with E-state index in [0.717, 1.165) is 16.3 Å². The number of aryl methyl sites for hydroxylation is 2. The lowest BCUT2D eigenvalue weighted by molar-refractivity contribution is 0.0951. The number of amides is 1. The van der Waals surface area contributed by atoms with Crippen molar-refractivity contribution < 1.29 is 4.79 Å². The second kappa shape index (κ2) is 5.18. The maximum Gasteiger partial charge on any atom is 0.251 e. The Balaban J connectivity index is 2.01. The van der Waals surface area contributed by atoms with Gasteiger partial charge in [-0.05, 0) is 37.6 Å². The molecule has 3 N–H and O–H groups in total. The molecule has 1 aromatic carbocycles. The summed E-state index contributed by atoms with van der Waals surface area (Å²) in [6, 6.07) is 5.26. The molecular formula is C13H15N3OS. The van der Waals surface area contributed by atoms with E-state index in [9.17, 15) is 4.79 Å². The van der Waals surface area contributed by atoms with Crippen LogP contribution in [-0.4, -0.2) is 10.9 Å². The maximum absolute atomic E-state index is 11.9. The molecule has 0 aliphatic rings. The number of anilines is 1. The van der Waals surface area contributed by atoms with Crippen molar-refractivity contribution in [2.24, 2.45) is 0 Å². The predicted octanol–water partition coefficient (Wildman–Crippen LogP) is 2.27. The highest BCUT2D eigenvalue weighted by Crippen LogP contribution is 2.13. The lowest BCUT2D eigenvalue weighted by Crippen LogP contribution is -2.22. The average Bonchev–Trinajstić information content (AvgIpc) is 2.75. The number of nitrogens with one attached hydrogen (secondary N) is 1. The van der Waals surface area contributed by atoms with Gasteiger partial charge in [0.15, 0.2) is 0 Å². The number of hydrogen-bond donors (Lipinski definition) is 2. The molecule has 2 rings (SSSR count). The molecule has 0 saturated heterocycles. The van der Waals surface area contributed by atoms with Crippen molar-refractivity contribution in [3.63, 3.8) is 0 Å². The number of thiazole rings is 1. The van der Waals surface area contributed by atoms with E-state index in [1.165, 1.54) is 0 Å². The number of aromatic nitrogens is 1. The molecule has 5 heteroatoms. The number of benzene rings is 1. The van der Waals surface area contributed by atoms with Crippen molar-refractivity contribution in [1.29, 1.82) is 0 Å². The molecule has 94 valence electrons. The summed E-state index contributed by atoms with van der Waals surface area (Å²) in [6.07, 6.45) is 0. The first-order valence-electron chi connectivity index (χ1n) is 5.61. The topological polar surface area (TPSA) is 68.0 Å². The Hall–Kier alpha value is -1.88. The third-order valence-electron chi connectivity index (χ3n) is 2.60. The first-order chi connectivity index (χ1) is 8.56. The van der Waals surface area contributed by atoms with Crippen LogP contribution in [-0.2, 0) is 6.54 Å². The van der Waals surface area contributed by atoms with Gasteiger partial charge in [-0.1, -0.05) is 0 Å². The fourth-order valence-corrected chi connectivity index (χ4v) is 2.27. The van der Waals surface area contributed by atoms with Gasteiger partial charge in [-0.2, -0.15) is 0 Å². The Bertz CT molecular complexity index is 577. The van der Waals surface area contributed by atoms with E-state index >= 15 is 0 Å². The molecule has 0 aliphatic heterocycles. The molecular weight excluding hydrogens is 246 g/mol. The summed E-state index contributed by atoms with van der Waals surface area (Å²) in [6.45, 7) is 4.28. The number of rotatable bonds is 3. The van der Waals surface area contributed by atoms with Gasteiger partial charge < -0.3 is 11.1 Å². The zero-order valence-corrected chi connectivity index (χ0v) is 11.2. The molecule has 4 nitrogen and oxygen atoms in total. The molecule has 0 unspecified atom stereocenters. The molecule has 1 amide bonds. The maximum atomic E-state index is 11.9. The van der Waals surface area contributed by atoms with Crippen LogP contribution >= 0.6 is 11.3 Å². The first-order valence-corrected chi connectivity index (χ1v) is 6.49. The fraction of sp³-hybridized carbons (Fsp3) is 0.231. The fourth-order valence-electron chi connectivity index (χ4n) is 1.56. The summed E-state index contributed by atoms with van der Waals surface area (Å²) in [5, 5.41) is 5.72. The quantitative estimate of drug-likeness (QED) is 0.833. The molecule has 0 bridgehead atoms. The largest absolute Gasteiger partial charge is 0.399 e. The van der Waals surface area contributed by atoms with Crippen molar-refractivity contribution in [3.8, 4) is 0 Å². The van der Waals surface area contributed by atoms with Gasteiger partial charge in [0.2, 0.25) is 0 Å². The summed E-state index contributed by atoms with van der Waals surface area (Å²) in [4.78, 5) is 16.2. The minimum absolute atomic E-state index is 0.106. The minimum Gasteiger partial charge on any atom is -0.399 e. The van der Waals surface area contributed by atoms with E-state index in [0.29, 0.717) is 17.8 Å². The Morgan fingerprint density at radius 2 is 2.22 bits per heavy atom. The number of hydrogen-bond acceptors (Lipinski definition) is 4. The lowest BCUT2D eigenvalue weighted by Gasteiger charge is -2.05. The van der Waals surface area contributed by atoms with Crippen molar-refractivity contribution in [3.05, 3.63) is 45.4 Å². The van der Waals surface area contributed by atoms with Crippen LogP contribution in [0.1, 0.15) is 26.6 Å². The molecule has 1 aromatic heterocycles. The van der Waals surface area contributed by atoms with E-state index in [2.05, 4.69) is 10.3 Å². The highest BCUT2D eigenvalue weighted by molar-refractivity contribution is 7.09. The van der Waals surface area contributed by atoms with Gasteiger partial charge in [0.1, 0.15) is 5.01 Å². The standard InChI is InChI=1S/C13H15N3OS/c1-8-5-10(3-4-11(8)14)13(17)15-6-12-16-9(2)7-18-12/h3-5,7H,6,14H2,1-2H3,(H,15,17). The molecule has 0 radical (unpaired) electrons. The van der Waals surface area contributed by atoms with Crippen molar-refractivity contribution >= 4 is 22.9 Å². The summed E-state index contributed by atoms with van der Waals surface area (Å²) >= 11 is 1.55. The van der Waals surface area contributed by atoms with Gasteiger partial charge in [-0.15, -0.1) is 11.3 Å². The van der Waals surface area contributed by atoms with Gasteiger partial charge in [0.25, 0.3) is 5.91 Å².